The van der Waals surface area contributed by atoms with Crippen molar-refractivity contribution in [1.82, 2.24) is 10.2 Å². The van der Waals surface area contributed by atoms with Gasteiger partial charge in [-0.05, 0) is 12.1 Å². The zero-order chi connectivity index (χ0) is 14.7. The number of aromatic nitrogens is 2. The smallest absolute Gasteiger partial charge is 0.288 e. The van der Waals surface area contributed by atoms with Gasteiger partial charge in [0.05, 0.1) is 11.1 Å². The van der Waals surface area contributed by atoms with Crippen molar-refractivity contribution in [3.63, 3.8) is 0 Å². The van der Waals surface area contributed by atoms with Crippen molar-refractivity contribution in [3.8, 4) is 6.07 Å². The van der Waals surface area contributed by atoms with E-state index in [0.717, 1.165) is 6.07 Å². The number of nitro benzene ring substituents is 1. The van der Waals surface area contributed by atoms with Gasteiger partial charge in [-0.1, -0.05) is 11.6 Å². The second-order valence-corrected chi connectivity index (χ2v) is 4.06. The Morgan fingerprint density at radius 2 is 2.30 bits per heavy atom. The third kappa shape index (κ3) is 2.57. The summed E-state index contributed by atoms with van der Waals surface area (Å²) in [6.45, 7) is 0. The Labute approximate surface area is 117 Å². The Balaban J connectivity index is 2.29. The summed E-state index contributed by atoms with van der Waals surface area (Å²) in [5.74, 6) is -0.499. The number of nitrogens with one attached hydrogen (secondary N) is 2. The molecule has 0 aliphatic carbocycles. The lowest BCUT2D eigenvalue weighted by Crippen LogP contribution is -2.13. The Bertz CT molecular complexity index is 734. The van der Waals surface area contributed by atoms with Gasteiger partial charge in [0, 0.05) is 11.6 Å². The Kier molecular flexibility index (Phi) is 3.63. The number of nitro groups is 1. The molecule has 0 saturated heterocycles. The summed E-state index contributed by atoms with van der Waals surface area (Å²) in [4.78, 5) is 22.0. The summed E-state index contributed by atoms with van der Waals surface area (Å²) in [5, 5.41) is 27.9. The van der Waals surface area contributed by atoms with Crippen LogP contribution in [0.5, 0.6) is 0 Å². The van der Waals surface area contributed by atoms with E-state index in [0.29, 0.717) is 0 Å². The van der Waals surface area contributed by atoms with Crippen LogP contribution in [0.15, 0.2) is 24.4 Å². The first-order valence-electron chi connectivity index (χ1n) is 5.21. The van der Waals surface area contributed by atoms with Gasteiger partial charge in [-0.15, -0.1) is 0 Å². The van der Waals surface area contributed by atoms with E-state index in [2.05, 4.69) is 15.5 Å². The normalized spacial score (nSPS) is 9.80. The molecule has 0 aliphatic rings. The number of carbonyl (C=O) groups is 1. The topological polar surface area (TPSA) is 125 Å². The monoisotopic (exact) mass is 291 g/mol. The van der Waals surface area contributed by atoms with Crippen LogP contribution in [0.4, 0.5) is 11.5 Å². The van der Waals surface area contributed by atoms with Gasteiger partial charge < -0.3 is 5.32 Å². The lowest BCUT2D eigenvalue weighted by Gasteiger charge is -2.03. The quantitative estimate of drug-likeness (QED) is 0.661. The van der Waals surface area contributed by atoms with E-state index in [1.165, 1.54) is 18.3 Å². The van der Waals surface area contributed by atoms with Gasteiger partial charge in [-0.3, -0.25) is 20.0 Å². The van der Waals surface area contributed by atoms with Crippen molar-refractivity contribution >= 4 is 29.0 Å². The lowest BCUT2D eigenvalue weighted by molar-refractivity contribution is -0.384. The zero-order valence-corrected chi connectivity index (χ0v) is 10.5. The van der Waals surface area contributed by atoms with Gasteiger partial charge in [-0.25, -0.2) is 0 Å². The van der Waals surface area contributed by atoms with Crippen LogP contribution in [0.1, 0.15) is 15.9 Å². The Morgan fingerprint density at radius 3 is 2.95 bits per heavy atom. The van der Waals surface area contributed by atoms with E-state index in [9.17, 15) is 14.9 Å². The third-order valence-electron chi connectivity index (χ3n) is 2.40. The number of halogens is 1. The highest BCUT2D eigenvalue weighted by Crippen LogP contribution is 2.25. The molecule has 1 heterocycles. The molecule has 0 radical (unpaired) electrons. The average Bonchev–Trinajstić information content (AvgIpc) is 2.86. The summed E-state index contributed by atoms with van der Waals surface area (Å²) in [7, 11) is 0. The number of hydrogen-bond donors (Lipinski definition) is 2. The van der Waals surface area contributed by atoms with Crippen molar-refractivity contribution in [1.29, 1.82) is 5.26 Å². The fraction of sp³-hybridized carbons (Fsp3) is 0. The van der Waals surface area contributed by atoms with E-state index in [-0.39, 0.29) is 27.7 Å². The maximum Gasteiger partial charge on any atom is 0.288 e. The number of nitrogens with zero attached hydrogens (tertiary/aromatic N) is 3. The molecule has 0 atom stereocenters. The summed E-state index contributed by atoms with van der Waals surface area (Å²) >= 11 is 5.65. The number of rotatable bonds is 3. The van der Waals surface area contributed by atoms with E-state index in [1.807, 2.05) is 6.07 Å². The standard InChI is InChI=1S/C11H6ClN5O3/c12-8-2-1-6(3-9(8)17(19)20)11(18)15-10-7(4-13)5-14-16-10/h1-3,5H,(H2,14,15,16,18). The summed E-state index contributed by atoms with van der Waals surface area (Å²) in [5.41, 5.74) is -0.175. The summed E-state index contributed by atoms with van der Waals surface area (Å²) in [6.07, 6.45) is 1.25. The summed E-state index contributed by atoms with van der Waals surface area (Å²) < 4.78 is 0. The van der Waals surface area contributed by atoms with E-state index in [4.69, 9.17) is 16.9 Å². The van der Waals surface area contributed by atoms with Crippen molar-refractivity contribution in [2.24, 2.45) is 0 Å². The van der Waals surface area contributed by atoms with Crippen LogP contribution in [0.3, 0.4) is 0 Å². The van der Waals surface area contributed by atoms with Gasteiger partial charge in [0.25, 0.3) is 11.6 Å². The number of nitriles is 1. The molecule has 0 fully saturated rings. The van der Waals surface area contributed by atoms with Gasteiger partial charge in [0.2, 0.25) is 0 Å². The molecule has 0 unspecified atom stereocenters. The first kappa shape index (κ1) is 13.5. The van der Waals surface area contributed by atoms with Crippen LogP contribution in [0.25, 0.3) is 0 Å². The number of anilines is 1. The van der Waals surface area contributed by atoms with Crippen molar-refractivity contribution in [2.45, 2.75) is 0 Å². The minimum atomic E-state index is -0.685. The molecule has 0 saturated carbocycles. The molecule has 9 heteroatoms. The maximum atomic E-state index is 11.9. The van der Waals surface area contributed by atoms with Crippen LogP contribution in [0, 0.1) is 21.4 Å². The van der Waals surface area contributed by atoms with Crippen LogP contribution in [0.2, 0.25) is 5.02 Å². The second-order valence-electron chi connectivity index (χ2n) is 3.65. The molecule has 20 heavy (non-hydrogen) atoms. The molecule has 2 rings (SSSR count). The molecule has 2 N–H and O–H groups in total. The van der Waals surface area contributed by atoms with Gasteiger partial charge in [0.1, 0.15) is 22.5 Å². The Morgan fingerprint density at radius 1 is 1.55 bits per heavy atom. The second kappa shape index (κ2) is 5.38. The molecule has 1 amide bonds. The minimum Gasteiger partial charge on any atom is -0.306 e. The van der Waals surface area contributed by atoms with Crippen molar-refractivity contribution < 1.29 is 9.72 Å². The highest BCUT2D eigenvalue weighted by molar-refractivity contribution is 6.32. The van der Waals surface area contributed by atoms with E-state index in [1.54, 1.807) is 0 Å². The highest BCUT2D eigenvalue weighted by Gasteiger charge is 2.17. The first-order valence-corrected chi connectivity index (χ1v) is 5.59. The Hall–Kier alpha value is -2.92. The van der Waals surface area contributed by atoms with Crippen molar-refractivity contribution in [3.05, 3.63) is 50.7 Å². The third-order valence-corrected chi connectivity index (χ3v) is 2.72. The fourth-order valence-corrected chi connectivity index (χ4v) is 1.63. The van der Waals surface area contributed by atoms with Crippen LogP contribution in [-0.4, -0.2) is 21.0 Å². The SMILES string of the molecule is N#Cc1cn[nH]c1NC(=O)c1ccc(Cl)c([N+](=O)[O-])c1. The van der Waals surface area contributed by atoms with Crippen LogP contribution < -0.4 is 5.32 Å². The first-order chi connectivity index (χ1) is 9.52. The zero-order valence-electron chi connectivity index (χ0n) is 9.75. The largest absolute Gasteiger partial charge is 0.306 e. The van der Waals surface area contributed by atoms with Crippen LogP contribution >= 0.6 is 11.6 Å². The predicted octanol–water partition coefficient (Wildman–Crippen LogP) is 2.10. The molecule has 2 aromatic rings. The molecule has 0 spiro atoms. The van der Waals surface area contributed by atoms with Crippen LogP contribution in [-0.2, 0) is 0 Å². The average molecular weight is 292 g/mol. The molecule has 8 nitrogen and oxygen atoms in total. The minimum absolute atomic E-state index is 0.0413. The molecule has 0 aliphatic heterocycles. The molecule has 1 aromatic carbocycles. The number of carbonyl (C=O) groups excluding carboxylic acids is 1. The van der Waals surface area contributed by atoms with E-state index >= 15 is 0 Å². The highest BCUT2D eigenvalue weighted by atomic mass is 35.5. The van der Waals surface area contributed by atoms with Gasteiger partial charge >= 0.3 is 0 Å². The molecular formula is C11H6ClN5O3. The molecule has 1 aromatic heterocycles. The molecule has 0 bridgehead atoms. The fourth-order valence-electron chi connectivity index (χ4n) is 1.45. The number of aromatic amines is 1. The van der Waals surface area contributed by atoms with Crippen molar-refractivity contribution in [2.75, 3.05) is 5.32 Å². The molecular weight excluding hydrogens is 286 g/mol. The lowest BCUT2D eigenvalue weighted by atomic mass is 10.2. The summed E-state index contributed by atoms with van der Waals surface area (Å²) in [6, 6.07) is 5.49. The van der Waals surface area contributed by atoms with E-state index < -0.39 is 10.8 Å². The van der Waals surface area contributed by atoms with Gasteiger partial charge in [0.15, 0.2) is 0 Å². The molecule has 100 valence electrons. The van der Waals surface area contributed by atoms with Gasteiger partial charge in [-0.2, -0.15) is 10.4 Å². The maximum absolute atomic E-state index is 11.9. The number of hydrogen-bond acceptors (Lipinski definition) is 5. The number of H-pyrrole nitrogens is 1. The predicted molar refractivity (Wildman–Crippen MR) is 69.4 cm³/mol. The number of benzene rings is 1. The number of amides is 1.